The zero-order chi connectivity index (χ0) is 24.9. The lowest BCUT2D eigenvalue weighted by atomic mass is 9.98. The van der Waals surface area contributed by atoms with E-state index >= 15 is 0 Å². The van der Waals surface area contributed by atoms with Gasteiger partial charge in [0.15, 0.2) is 0 Å². The smallest absolute Gasteiger partial charge is 0.407 e. The summed E-state index contributed by atoms with van der Waals surface area (Å²) in [5.74, 6) is -1.57. The number of nitrogens with one attached hydrogen (secondary N) is 2. The summed E-state index contributed by atoms with van der Waals surface area (Å²) in [6.45, 7) is 0.399. The molecule has 1 aliphatic rings. The monoisotopic (exact) mass is 473 g/mol. The zero-order valence-electron chi connectivity index (χ0n) is 19.5. The Morgan fingerprint density at radius 2 is 1.49 bits per heavy atom. The Morgan fingerprint density at radius 3 is 2.03 bits per heavy atom. The number of carboxylic acid groups (broad SMARTS) is 1. The van der Waals surface area contributed by atoms with Crippen LogP contribution in [0, 0.1) is 0 Å². The van der Waals surface area contributed by atoms with E-state index < -0.39 is 24.0 Å². The van der Waals surface area contributed by atoms with Crippen molar-refractivity contribution >= 4 is 23.7 Å². The zero-order valence-corrected chi connectivity index (χ0v) is 19.5. The molecule has 1 atom stereocenters. The van der Waals surface area contributed by atoms with Crippen molar-refractivity contribution in [3.63, 3.8) is 0 Å². The fraction of sp³-hybridized carbons (Fsp3) is 0.222. The van der Waals surface area contributed by atoms with Crippen LogP contribution in [0.3, 0.4) is 0 Å². The summed E-state index contributed by atoms with van der Waals surface area (Å²) in [6, 6.07) is 21.1. The van der Waals surface area contributed by atoms with Gasteiger partial charge in [-0.05, 0) is 60.6 Å². The van der Waals surface area contributed by atoms with Crippen LogP contribution in [0.5, 0.6) is 0 Å². The summed E-state index contributed by atoms with van der Waals surface area (Å²) < 4.78 is 5.58. The Kier molecular flexibility index (Phi) is 7.12. The lowest BCUT2D eigenvalue weighted by Gasteiger charge is -2.22. The average molecular weight is 474 g/mol. The molecule has 1 aliphatic carbocycles. The maximum atomic E-state index is 12.9. The largest absolute Gasteiger partial charge is 0.478 e. The number of carbonyl (C=O) groups excluding carboxylic acids is 2. The first kappa shape index (κ1) is 24.0. The Hall–Kier alpha value is -4.17. The summed E-state index contributed by atoms with van der Waals surface area (Å²) in [4.78, 5) is 38.4. The molecule has 0 radical (unpaired) electrons. The van der Waals surface area contributed by atoms with Gasteiger partial charge in [0.2, 0.25) is 5.91 Å². The molecule has 35 heavy (non-hydrogen) atoms. The number of ether oxygens (including phenoxy) is 1. The number of benzene rings is 3. The van der Waals surface area contributed by atoms with E-state index in [2.05, 4.69) is 22.8 Å². The second-order valence-electron chi connectivity index (χ2n) is 8.66. The van der Waals surface area contributed by atoms with Crippen LogP contribution in [0.2, 0.25) is 0 Å². The second-order valence-corrected chi connectivity index (χ2v) is 8.66. The van der Waals surface area contributed by atoms with Crippen LogP contribution >= 0.6 is 0 Å². The number of amides is 2. The molecule has 0 saturated heterocycles. The number of carboxylic acids is 1. The molecule has 8 heteroatoms. The number of rotatable bonds is 8. The van der Waals surface area contributed by atoms with Crippen LogP contribution in [0.15, 0.2) is 72.8 Å². The van der Waals surface area contributed by atoms with Crippen molar-refractivity contribution in [3.05, 3.63) is 89.5 Å². The summed E-state index contributed by atoms with van der Waals surface area (Å²) in [6.07, 6.45) is -0.685. The molecule has 0 aliphatic heterocycles. The molecule has 0 aromatic heterocycles. The number of likely N-dealkylation sites (N-methyl/N-ethyl adjacent to an activating group) is 1. The SMILES string of the molecule is CN(C)C[C@H](NC(=O)OCC1c2ccccc2-c2ccccc21)C(=O)Nc1ccc(C(=O)O)cc1. The molecule has 0 spiro atoms. The number of hydrogen-bond acceptors (Lipinski definition) is 5. The summed E-state index contributed by atoms with van der Waals surface area (Å²) in [5.41, 5.74) is 5.03. The van der Waals surface area contributed by atoms with Gasteiger partial charge in [0, 0.05) is 18.2 Å². The highest BCUT2D eigenvalue weighted by atomic mass is 16.5. The fourth-order valence-electron chi connectivity index (χ4n) is 4.27. The van der Waals surface area contributed by atoms with Gasteiger partial charge in [0.05, 0.1) is 5.56 Å². The number of alkyl carbamates (subject to hydrolysis) is 1. The van der Waals surface area contributed by atoms with Crippen molar-refractivity contribution in [1.29, 1.82) is 0 Å². The Bertz CT molecular complexity index is 1190. The molecule has 3 aromatic rings. The molecular weight excluding hydrogens is 446 g/mol. The van der Waals surface area contributed by atoms with Gasteiger partial charge in [0.1, 0.15) is 12.6 Å². The maximum absolute atomic E-state index is 12.9. The molecule has 3 aromatic carbocycles. The first-order valence-corrected chi connectivity index (χ1v) is 11.2. The Morgan fingerprint density at radius 1 is 0.914 bits per heavy atom. The first-order chi connectivity index (χ1) is 16.8. The average Bonchev–Trinajstić information content (AvgIpc) is 3.16. The minimum absolute atomic E-state index is 0.0815. The molecule has 180 valence electrons. The maximum Gasteiger partial charge on any atom is 0.407 e. The van der Waals surface area contributed by atoms with E-state index in [0.29, 0.717) is 5.69 Å². The van der Waals surface area contributed by atoms with Crippen molar-refractivity contribution < 1.29 is 24.2 Å². The van der Waals surface area contributed by atoms with Crippen molar-refractivity contribution in [2.45, 2.75) is 12.0 Å². The predicted molar refractivity (Wildman–Crippen MR) is 133 cm³/mol. The highest BCUT2D eigenvalue weighted by Gasteiger charge is 2.30. The quantitative estimate of drug-likeness (QED) is 0.459. The molecule has 2 amide bonds. The Balaban J connectivity index is 1.41. The van der Waals surface area contributed by atoms with E-state index in [9.17, 15) is 14.4 Å². The standard InChI is InChI=1S/C27H27N3O5/c1-30(2)15-24(25(31)28-18-13-11-17(12-14-18)26(32)33)29-27(34)35-16-23-21-9-5-3-7-19(21)20-8-4-6-10-22(20)23/h3-14,23-24H,15-16H2,1-2H3,(H,28,31)(H,29,34)(H,32,33)/t24-/m0/s1. The summed E-state index contributed by atoms with van der Waals surface area (Å²) in [7, 11) is 3.59. The number of fused-ring (bicyclic) bond motifs is 3. The predicted octanol–water partition coefficient (Wildman–Crippen LogP) is 3.79. The van der Waals surface area contributed by atoms with E-state index in [-0.39, 0.29) is 24.6 Å². The molecule has 3 N–H and O–H groups in total. The van der Waals surface area contributed by atoms with Crippen LogP contribution in [-0.4, -0.2) is 61.3 Å². The summed E-state index contributed by atoms with van der Waals surface area (Å²) in [5, 5.41) is 14.4. The molecule has 4 rings (SSSR count). The lowest BCUT2D eigenvalue weighted by molar-refractivity contribution is -0.118. The van der Waals surface area contributed by atoms with Crippen molar-refractivity contribution in [3.8, 4) is 11.1 Å². The number of carbonyl (C=O) groups is 3. The second kappa shape index (κ2) is 10.4. The fourth-order valence-corrected chi connectivity index (χ4v) is 4.27. The third-order valence-electron chi connectivity index (χ3n) is 5.90. The van der Waals surface area contributed by atoms with E-state index in [1.807, 2.05) is 36.4 Å². The first-order valence-electron chi connectivity index (χ1n) is 11.2. The molecule has 0 heterocycles. The van der Waals surface area contributed by atoms with Crippen LogP contribution < -0.4 is 10.6 Å². The van der Waals surface area contributed by atoms with E-state index in [1.54, 1.807) is 19.0 Å². The molecular formula is C27H27N3O5. The third kappa shape index (κ3) is 5.50. The van der Waals surface area contributed by atoms with Crippen LogP contribution in [0.25, 0.3) is 11.1 Å². The topological polar surface area (TPSA) is 108 Å². The van der Waals surface area contributed by atoms with Crippen LogP contribution in [-0.2, 0) is 9.53 Å². The molecule has 8 nitrogen and oxygen atoms in total. The van der Waals surface area contributed by atoms with Gasteiger partial charge in [0.25, 0.3) is 0 Å². The van der Waals surface area contributed by atoms with Crippen molar-refractivity contribution in [2.24, 2.45) is 0 Å². The third-order valence-corrected chi connectivity index (χ3v) is 5.90. The van der Waals surface area contributed by atoms with Gasteiger partial charge in [-0.1, -0.05) is 48.5 Å². The van der Waals surface area contributed by atoms with Crippen molar-refractivity contribution in [2.75, 3.05) is 32.6 Å². The Labute approximate surface area is 203 Å². The summed E-state index contributed by atoms with van der Waals surface area (Å²) >= 11 is 0. The van der Waals surface area contributed by atoms with Crippen LogP contribution in [0.1, 0.15) is 27.4 Å². The normalized spacial score (nSPS) is 13.0. The number of aromatic carboxylic acids is 1. The number of anilines is 1. The van der Waals surface area contributed by atoms with Gasteiger partial charge in [-0.25, -0.2) is 9.59 Å². The highest BCUT2D eigenvalue weighted by Crippen LogP contribution is 2.44. The van der Waals surface area contributed by atoms with E-state index in [0.717, 1.165) is 22.3 Å². The van der Waals surface area contributed by atoms with Gasteiger partial charge < -0.3 is 25.4 Å². The molecule has 0 saturated carbocycles. The van der Waals surface area contributed by atoms with Gasteiger partial charge in [-0.2, -0.15) is 0 Å². The minimum Gasteiger partial charge on any atom is -0.478 e. The number of hydrogen-bond donors (Lipinski definition) is 3. The minimum atomic E-state index is -1.05. The van der Waals surface area contributed by atoms with Gasteiger partial charge in [-0.3, -0.25) is 4.79 Å². The van der Waals surface area contributed by atoms with Crippen molar-refractivity contribution in [1.82, 2.24) is 10.2 Å². The molecule has 0 bridgehead atoms. The van der Waals surface area contributed by atoms with Gasteiger partial charge >= 0.3 is 12.1 Å². The van der Waals surface area contributed by atoms with E-state index in [1.165, 1.54) is 24.3 Å². The highest BCUT2D eigenvalue weighted by molar-refractivity contribution is 5.97. The molecule has 0 unspecified atom stereocenters. The number of nitrogens with zero attached hydrogens (tertiary/aromatic N) is 1. The molecule has 0 fully saturated rings. The van der Waals surface area contributed by atoms with E-state index in [4.69, 9.17) is 9.84 Å². The lowest BCUT2D eigenvalue weighted by Crippen LogP contribution is -2.49. The van der Waals surface area contributed by atoms with Gasteiger partial charge in [-0.15, -0.1) is 0 Å². The van der Waals surface area contributed by atoms with Crippen LogP contribution in [0.4, 0.5) is 10.5 Å².